The Balaban J connectivity index is 1.72. The van der Waals surface area contributed by atoms with Gasteiger partial charge in [-0.1, -0.05) is 17.9 Å². The van der Waals surface area contributed by atoms with Crippen molar-refractivity contribution in [3.63, 3.8) is 0 Å². The van der Waals surface area contributed by atoms with Crippen LogP contribution >= 0.6 is 0 Å². The Morgan fingerprint density at radius 1 is 1.23 bits per heavy atom. The third-order valence-corrected chi connectivity index (χ3v) is 3.99. The normalized spacial score (nSPS) is 11.5. The van der Waals surface area contributed by atoms with E-state index in [9.17, 15) is 9.59 Å². The van der Waals surface area contributed by atoms with Crippen LogP contribution in [-0.4, -0.2) is 49.8 Å². The van der Waals surface area contributed by atoms with Crippen molar-refractivity contribution in [2.75, 3.05) is 12.4 Å². The highest BCUT2D eigenvalue weighted by Crippen LogP contribution is 2.07. The lowest BCUT2D eigenvalue weighted by molar-refractivity contribution is -0.115. The molecule has 0 spiro atoms. The Morgan fingerprint density at radius 3 is 2.77 bits per heavy atom. The van der Waals surface area contributed by atoms with Crippen molar-refractivity contribution in [2.45, 2.75) is 39.2 Å². The molecule has 0 fully saturated rings. The molecule has 158 valence electrons. The van der Waals surface area contributed by atoms with E-state index in [4.69, 9.17) is 0 Å². The predicted octanol–water partition coefficient (Wildman–Crippen LogP) is 1.94. The van der Waals surface area contributed by atoms with Crippen LogP contribution in [0, 0.1) is 0 Å². The first-order valence-corrected chi connectivity index (χ1v) is 9.57. The quantitative estimate of drug-likeness (QED) is 0.331. The van der Waals surface area contributed by atoms with E-state index in [2.05, 4.69) is 42.7 Å². The summed E-state index contributed by atoms with van der Waals surface area (Å²) in [6.07, 6.45) is 9.19. The summed E-state index contributed by atoms with van der Waals surface area (Å²) in [6.45, 7) is 6.00. The van der Waals surface area contributed by atoms with Gasteiger partial charge in [-0.2, -0.15) is 5.10 Å². The number of carbonyl (C=O) groups excluding carboxylic acids is 2. The number of aliphatic imine (C=N–C) groups is 1. The fourth-order valence-corrected chi connectivity index (χ4v) is 2.48. The number of amides is 2. The average Bonchev–Trinajstić information content (AvgIpc) is 3.21. The summed E-state index contributed by atoms with van der Waals surface area (Å²) in [5, 5.41) is 21.2. The van der Waals surface area contributed by atoms with E-state index in [-0.39, 0.29) is 18.2 Å². The summed E-state index contributed by atoms with van der Waals surface area (Å²) in [5.41, 5.74) is 1.82. The zero-order chi connectivity index (χ0) is 21.8. The van der Waals surface area contributed by atoms with Crippen LogP contribution in [0.25, 0.3) is 0 Å². The molecule has 2 heterocycles. The van der Waals surface area contributed by atoms with Gasteiger partial charge in [0.25, 0.3) is 5.91 Å². The zero-order valence-corrected chi connectivity index (χ0v) is 17.2. The standard InChI is InChI=1S/C20H26N8O2/c1-4-5-11-22-15(2)13-19(29)23-18-10-9-16(24-26-18)8-6-7-12-28-14-17(25-27-28)20(30)21-3/h4-5,9-11,14H,1,6-8,12-13H2,2-3H3,(H,21,30)(H,23,26,29)/b11-5-,22-15+. The van der Waals surface area contributed by atoms with Crippen molar-refractivity contribution in [1.29, 1.82) is 0 Å². The van der Waals surface area contributed by atoms with Crippen LogP contribution in [0.15, 0.2) is 48.3 Å². The lowest BCUT2D eigenvalue weighted by Crippen LogP contribution is -2.18. The number of anilines is 1. The number of hydrogen-bond acceptors (Lipinski definition) is 7. The van der Waals surface area contributed by atoms with Crippen LogP contribution in [0.1, 0.15) is 42.4 Å². The van der Waals surface area contributed by atoms with Gasteiger partial charge in [-0.25, -0.2) is 0 Å². The van der Waals surface area contributed by atoms with Crippen LogP contribution in [-0.2, 0) is 17.8 Å². The lowest BCUT2D eigenvalue weighted by Gasteiger charge is -2.05. The molecule has 0 radical (unpaired) electrons. The second kappa shape index (κ2) is 12.0. The molecule has 0 aliphatic carbocycles. The van der Waals surface area contributed by atoms with Crippen LogP contribution in [0.3, 0.4) is 0 Å². The third-order valence-electron chi connectivity index (χ3n) is 3.99. The summed E-state index contributed by atoms with van der Waals surface area (Å²) >= 11 is 0. The average molecular weight is 410 g/mol. The molecular weight excluding hydrogens is 384 g/mol. The van der Waals surface area contributed by atoms with Gasteiger partial charge in [0.1, 0.15) is 0 Å². The number of aromatic nitrogens is 5. The molecular formula is C20H26N8O2. The largest absolute Gasteiger partial charge is 0.354 e. The summed E-state index contributed by atoms with van der Waals surface area (Å²) in [5.74, 6) is -0.0486. The summed E-state index contributed by atoms with van der Waals surface area (Å²) in [7, 11) is 1.55. The van der Waals surface area contributed by atoms with E-state index in [0.717, 1.165) is 25.0 Å². The molecule has 2 aromatic heterocycles. The molecule has 10 nitrogen and oxygen atoms in total. The SMILES string of the molecule is C=C/C=C\N=C(/C)CC(=O)Nc1ccc(CCCCn2cc(C(=O)NC)nn2)nn1. The van der Waals surface area contributed by atoms with E-state index in [1.54, 1.807) is 49.3 Å². The van der Waals surface area contributed by atoms with Crippen molar-refractivity contribution in [2.24, 2.45) is 4.99 Å². The van der Waals surface area contributed by atoms with Crippen molar-refractivity contribution >= 4 is 23.3 Å². The maximum Gasteiger partial charge on any atom is 0.273 e. The van der Waals surface area contributed by atoms with Crippen molar-refractivity contribution in [3.8, 4) is 0 Å². The Hall–Kier alpha value is -3.69. The van der Waals surface area contributed by atoms with Crippen LogP contribution in [0.2, 0.25) is 0 Å². The molecule has 0 aliphatic rings. The van der Waals surface area contributed by atoms with E-state index in [1.807, 2.05) is 6.07 Å². The van der Waals surface area contributed by atoms with Crippen LogP contribution < -0.4 is 10.6 Å². The fraction of sp³-hybridized carbons (Fsp3) is 0.350. The first-order valence-electron chi connectivity index (χ1n) is 9.57. The van der Waals surface area contributed by atoms with E-state index < -0.39 is 0 Å². The Kier molecular flexibility index (Phi) is 9.04. The second-order valence-electron chi connectivity index (χ2n) is 6.48. The van der Waals surface area contributed by atoms with Gasteiger partial charge in [0.15, 0.2) is 11.5 Å². The van der Waals surface area contributed by atoms with Gasteiger partial charge in [0.05, 0.1) is 18.3 Å². The number of unbranched alkanes of at least 4 members (excludes halogenated alkanes) is 1. The second-order valence-corrected chi connectivity index (χ2v) is 6.48. The zero-order valence-electron chi connectivity index (χ0n) is 17.2. The first-order chi connectivity index (χ1) is 14.5. The number of carbonyl (C=O) groups is 2. The Morgan fingerprint density at radius 2 is 2.07 bits per heavy atom. The van der Waals surface area contributed by atoms with Gasteiger partial charge in [-0.15, -0.1) is 10.2 Å². The van der Waals surface area contributed by atoms with Crippen LogP contribution in [0.4, 0.5) is 5.82 Å². The molecule has 2 aromatic rings. The molecule has 2 N–H and O–H groups in total. The lowest BCUT2D eigenvalue weighted by atomic mass is 10.2. The topological polar surface area (TPSA) is 127 Å². The first kappa shape index (κ1) is 22.6. The number of allylic oxidation sites excluding steroid dienone is 2. The molecule has 0 saturated heterocycles. The molecule has 0 bridgehead atoms. The van der Waals surface area contributed by atoms with E-state index in [0.29, 0.717) is 23.8 Å². The van der Waals surface area contributed by atoms with Crippen molar-refractivity contribution in [3.05, 3.63) is 54.6 Å². The number of nitrogens with one attached hydrogen (secondary N) is 2. The molecule has 10 heteroatoms. The molecule has 0 saturated carbocycles. The van der Waals surface area contributed by atoms with Gasteiger partial charge in [0, 0.05) is 25.5 Å². The van der Waals surface area contributed by atoms with Gasteiger partial charge in [-0.3, -0.25) is 19.3 Å². The minimum Gasteiger partial charge on any atom is -0.354 e. The molecule has 2 rings (SSSR count). The highest BCUT2D eigenvalue weighted by atomic mass is 16.2. The van der Waals surface area contributed by atoms with Gasteiger partial charge < -0.3 is 10.6 Å². The van der Waals surface area contributed by atoms with Gasteiger partial charge in [-0.05, 0) is 44.4 Å². The number of rotatable bonds is 11. The molecule has 2 amide bonds. The van der Waals surface area contributed by atoms with E-state index >= 15 is 0 Å². The minimum absolute atomic E-state index is 0.175. The van der Waals surface area contributed by atoms with Crippen molar-refractivity contribution in [1.82, 2.24) is 30.5 Å². The molecule has 30 heavy (non-hydrogen) atoms. The van der Waals surface area contributed by atoms with Gasteiger partial charge in [0.2, 0.25) is 5.91 Å². The van der Waals surface area contributed by atoms with E-state index in [1.165, 1.54) is 0 Å². The van der Waals surface area contributed by atoms with Crippen LogP contribution in [0.5, 0.6) is 0 Å². The number of aryl methyl sites for hydroxylation is 2. The Labute approximate surface area is 175 Å². The molecule has 0 atom stereocenters. The maximum absolute atomic E-state index is 12.0. The fourth-order valence-electron chi connectivity index (χ4n) is 2.48. The summed E-state index contributed by atoms with van der Waals surface area (Å²) in [4.78, 5) is 27.6. The predicted molar refractivity (Wildman–Crippen MR) is 114 cm³/mol. The highest BCUT2D eigenvalue weighted by Gasteiger charge is 2.08. The van der Waals surface area contributed by atoms with Gasteiger partial charge >= 0.3 is 0 Å². The third kappa shape index (κ3) is 7.74. The molecule has 0 aliphatic heterocycles. The molecule has 0 aromatic carbocycles. The Bertz CT molecular complexity index is 915. The highest BCUT2D eigenvalue weighted by molar-refractivity contribution is 6.05. The number of nitrogens with zero attached hydrogens (tertiary/aromatic N) is 6. The summed E-state index contributed by atoms with van der Waals surface area (Å²) in [6, 6.07) is 3.58. The number of hydrogen-bond donors (Lipinski definition) is 2. The minimum atomic E-state index is -0.254. The van der Waals surface area contributed by atoms with Crippen molar-refractivity contribution < 1.29 is 9.59 Å². The summed E-state index contributed by atoms with van der Waals surface area (Å²) < 4.78 is 1.65. The molecule has 0 unspecified atom stereocenters. The monoisotopic (exact) mass is 410 g/mol. The smallest absolute Gasteiger partial charge is 0.273 e. The maximum atomic E-state index is 12.0.